The van der Waals surface area contributed by atoms with Crippen LogP contribution in [0, 0.1) is 38.2 Å². The van der Waals surface area contributed by atoms with Crippen molar-refractivity contribution >= 4 is 86.2 Å². The van der Waals surface area contributed by atoms with Gasteiger partial charge in [0.1, 0.15) is 54.1 Å². The summed E-state index contributed by atoms with van der Waals surface area (Å²) in [5.41, 5.74) is -0.982. The lowest BCUT2D eigenvalue weighted by molar-refractivity contribution is -0.0629. The second-order valence-corrected chi connectivity index (χ2v) is 29.2. The smallest absolute Gasteiger partial charge is 0.191 e. The Morgan fingerprint density at radius 3 is 1.07 bits per heavy atom. The van der Waals surface area contributed by atoms with Crippen molar-refractivity contribution in [2.75, 3.05) is 72.6 Å². The number of hydrogen-bond acceptors (Lipinski definition) is 30. The Bertz CT molecular complexity index is 5270. The predicted octanol–water partition coefficient (Wildman–Crippen LogP) is 6.55. The minimum absolute atomic E-state index is 0.000650. The van der Waals surface area contributed by atoms with Crippen molar-refractivity contribution in [3.05, 3.63) is 105 Å². The number of fused-ring (bicyclic) bond motifs is 3. The molecule has 582 valence electrons. The van der Waals surface area contributed by atoms with Gasteiger partial charge in [-0.2, -0.15) is 0 Å². The number of nitrogens with zero attached hydrogens (tertiary/aromatic N) is 15. The summed E-state index contributed by atoms with van der Waals surface area (Å²) in [6, 6.07) is 10.2. The van der Waals surface area contributed by atoms with Crippen LogP contribution in [0.5, 0.6) is 0 Å². The molecule has 6 aliphatic rings. The van der Waals surface area contributed by atoms with Gasteiger partial charge in [0.2, 0.25) is 0 Å². The lowest BCUT2D eigenvalue weighted by atomic mass is 10.1. The average Bonchev–Trinajstić information content (AvgIpc) is 1.58. The van der Waals surface area contributed by atoms with Crippen molar-refractivity contribution in [2.24, 2.45) is 0 Å². The van der Waals surface area contributed by atoms with Crippen molar-refractivity contribution in [1.82, 2.24) is 74.9 Å². The van der Waals surface area contributed by atoms with Crippen LogP contribution in [-0.4, -0.2) is 251 Å². The molecular weight excluding hydrogens is 1460 g/mol. The molecule has 0 spiro atoms. The van der Waals surface area contributed by atoms with Gasteiger partial charge in [-0.1, -0.05) is 108 Å². The zero-order valence-electron chi connectivity index (χ0n) is 72.4. The minimum Gasteiger partial charge on any atom is -0.394 e. The fourth-order valence-corrected chi connectivity index (χ4v) is 14.9. The normalized spacial score (nSPS) is 32.1. The molecule has 18 atom stereocenters. The summed E-state index contributed by atoms with van der Waals surface area (Å²) in [5.74, 6) is -3.91. The molecule has 30 nitrogen and oxygen atoms in total. The first kappa shape index (κ1) is 63.5. The first-order valence-corrected chi connectivity index (χ1v) is 37.7. The largest absolute Gasteiger partial charge is 0.394 e. The molecule has 15 rings (SSSR count). The van der Waals surface area contributed by atoms with Crippen LogP contribution in [0.25, 0.3) is 33.5 Å². The molecule has 0 radical (unpaired) electrons. The number of benzene rings is 3. The summed E-state index contributed by atoms with van der Waals surface area (Å²) in [6.45, 7) is 3.07. The maximum absolute atomic E-state index is 14.2. The fraction of sp³-hybridized carbons (Fsp3) is 0.583. The maximum atomic E-state index is 14.2. The molecule has 0 amide bonds. The van der Waals surface area contributed by atoms with Crippen LogP contribution in [0.2, 0.25) is 0 Å². The molecule has 0 unspecified atom stereocenters. The SMILES string of the molecule is [2H]C([2H])(CC)Sc1nc(N[C@@H]2C[C@@]2([2H])c2ccc(C)c(F)c2)c2nnn([C@@H]3C[C@H](OCCO)[C@@H](O)[C@H]3O)c2n1.[2H]C([2H])(CO)O[C@H]1C[C@@H](n2nnc3c(N[C@@H]4C[C@@]4([2H])c4ccc(C)c(F)c4)nc(SC([2H])([2H])CC)nc32)[C@H](O)[C@@H]1O.[2H]C([2H])(O)CO[C@H]1C[C@@H](n2nnc3c(N[C@@H]4C[C@@]4([2H])c4ccc(C)c(F)c4)nc(SC([2H])([2H])CC)nc32)[C@H](O)[C@@H]1O. The van der Waals surface area contributed by atoms with Gasteiger partial charge in [0.05, 0.1) is 81.5 Å². The van der Waals surface area contributed by atoms with E-state index in [0.29, 0.717) is 52.6 Å². The number of thioether (sulfide) groups is 3. The van der Waals surface area contributed by atoms with Crippen LogP contribution in [-0.2, 0) is 14.2 Å². The maximum Gasteiger partial charge on any atom is 0.191 e. The molecular formula is C72H93F3N18O12S3. The number of aliphatic hydroxyl groups is 9. The lowest BCUT2D eigenvalue weighted by Crippen LogP contribution is -2.33. The Kier molecular flexibility index (Phi) is 20.6. The summed E-state index contributed by atoms with van der Waals surface area (Å²) in [7, 11) is 0. The van der Waals surface area contributed by atoms with Crippen LogP contribution in [0.15, 0.2) is 70.1 Å². The summed E-state index contributed by atoms with van der Waals surface area (Å²) < 4.78 is 168. The number of aryl methyl sites for hydroxylation is 3. The molecule has 9 aromatic rings. The van der Waals surface area contributed by atoms with Gasteiger partial charge in [0, 0.05) is 84.5 Å². The molecule has 6 saturated carbocycles. The Balaban J connectivity index is 0.000000157. The average molecular weight is 1570 g/mol. The van der Waals surface area contributed by atoms with E-state index in [1.165, 1.54) is 32.2 Å². The summed E-state index contributed by atoms with van der Waals surface area (Å²) in [4.78, 5) is 26.9. The van der Waals surface area contributed by atoms with Gasteiger partial charge < -0.3 is 76.1 Å². The van der Waals surface area contributed by atoms with E-state index >= 15 is 0 Å². The highest BCUT2D eigenvalue weighted by molar-refractivity contribution is 7.99. The topological polar surface area (TPSA) is 415 Å². The van der Waals surface area contributed by atoms with Crippen LogP contribution < -0.4 is 16.0 Å². The molecule has 36 heteroatoms. The number of rotatable bonds is 30. The number of halogens is 3. The molecule has 6 aliphatic carbocycles. The minimum atomic E-state index is -2.62. The molecule has 6 fully saturated rings. The Labute approximate surface area is 651 Å². The molecule has 6 heterocycles. The van der Waals surface area contributed by atoms with E-state index in [1.54, 1.807) is 77.9 Å². The molecule has 0 saturated heterocycles. The first-order valence-electron chi connectivity index (χ1n) is 41.8. The third-order valence-electron chi connectivity index (χ3n) is 19.3. The van der Waals surface area contributed by atoms with Crippen molar-refractivity contribution in [3.63, 3.8) is 0 Å². The number of nitrogens with one attached hydrogen (secondary N) is 3. The second kappa shape index (κ2) is 35.1. The molecule has 12 N–H and O–H groups in total. The highest BCUT2D eigenvalue weighted by Crippen LogP contribution is 2.48. The zero-order chi connectivity index (χ0) is 87.9. The summed E-state index contributed by atoms with van der Waals surface area (Å²) in [5, 5.41) is 126. The third-order valence-corrected chi connectivity index (χ3v) is 21.7. The molecule has 0 aliphatic heterocycles. The van der Waals surface area contributed by atoms with E-state index in [1.807, 2.05) is 0 Å². The van der Waals surface area contributed by atoms with E-state index < -0.39 is 164 Å². The summed E-state index contributed by atoms with van der Waals surface area (Å²) >= 11 is 2.40. The van der Waals surface area contributed by atoms with Gasteiger partial charge in [-0.15, -0.1) is 15.3 Å². The molecule has 0 bridgehead atoms. The number of ether oxygens (including phenoxy) is 3. The highest BCUT2D eigenvalue weighted by atomic mass is 32.2. The summed E-state index contributed by atoms with van der Waals surface area (Å²) in [6.07, 6.45) is -9.35. The van der Waals surface area contributed by atoms with E-state index in [9.17, 15) is 54.0 Å². The van der Waals surface area contributed by atoms with Crippen molar-refractivity contribution < 1.29 is 91.2 Å². The van der Waals surface area contributed by atoms with Gasteiger partial charge in [0.25, 0.3) is 0 Å². The molecule has 108 heavy (non-hydrogen) atoms. The number of anilines is 3. The molecule has 6 aromatic heterocycles. The van der Waals surface area contributed by atoms with Gasteiger partial charge in [0.15, 0.2) is 66.4 Å². The van der Waals surface area contributed by atoms with E-state index in [2.05, 4.69) is 76.8 Å². The zero-order valence-corrected chi connectivity index (χ0v) is 61.8. The molecule has 3 aromatic carbocycles. The Hall–Kier alpha value is -7.14. The van der Waals surface area contributed by atoms with Crippen molar-refractivity contribution in [1.29, 1.82) is 0 Å². The van der Waals surface area contributed by atoms with Crippen LogP contribution >= 0.6 is 35.3 Å². The Morgan fingerprint density at radius 2 is 0.778 bits per heavy atom. The fourth-order valence-electron chi connectivity index (χ4n) is 13.2. The van der Waals surface area contributed by atoms with Crippen LogP contribution in [0.3, 0.4) is 0 Å². The first-order chi connectivity index (χ1) is 56.8. The van der Waals surface area contributed by atoms with Gasteiger partial charge in [-0.3, -0.25) is 0 Å². The number of aromatic nitrogens is 15. The highest BCUT2D eigenvalue weighted by Gasteiger charge is 2.49. The second-order valence-electron chi connectivity index (χ2n) is 26.6. The standard InChI is InChI=1S/3C24H31FN6O4S/c3*1-3-8-36-24-27-22(26-16-10-14(16)13-5-4-12(2)15(25)9-13)19-23(28-24)31(30-29-19)17-11-18(35-7-6-32)21(34)20(17)33/h3*4-5,9,14,16-18,20-21,32-34H,3,6-8,10-11H2,1-2H3,(H,26,27,28)/t3*14-,16+,17+,18-,20-,21+/m000/s1/i7D2,8D2,14D;6D2,8D2,14D;8D2,14D. The quantitative estimate of drug-likeness (QED) is 0.0168. The van der Waals surface area contributed by atoms with Crippen molar-refractivity contribution in [2.45, 2.75) is 224 Å². The van der Waals surface area contributed by atoms with Crippen LogP contribution in [0.4, 0.5) is 30.6 Å². The van der Waals surface area contributed by atoms with E-state index in [4.69, 9.17) is 37.1 Å². The lowest BCUT2D eigenvalue weighted by Gasteiger charge is -2.17. The Morgan fingerprint density at radius 1 is 0.454 bits per heavy atom. The number of hydrogen-bond donors (Lipinski definition) is 12. The number of aliphatic hydroxyl groups excluding tert-OH is 8. The van der Waals surface area contributed by atoms with Gasteiger partial charge >= 0.3 is 0 Å². The van der Waals surface area contributed by atoms with E-state index in [0.717, 1.165) is 35.3 Å². The van der Waals surface area contributed by atoms with Gasteiger partial charge in [-0.05, 0) is 111 Å². The van der Waals surface area contributed by atoms with Crippen molar-refractivity contribution in [3.8, 4) is 0 Å². The monoisotopic (exact) mass is 1570 g/mol. The van der Waals surface area contributed by atoms with E-state index in [-0.39, 0.29) is 124 Å². The third kappa shape index (κ3) is 17.5. The van der Waals surface area contributed by atoms with Crippen LogP contribution in [0.1, 0.15) is 166 Å². The predicted molar refractivity (Wildman–Crippen MR) is 398 cm³/mol. The van der Waals surface area contributed by atoms with Gasteiger partial charge in [-0.25, -0.2) is 57.1 Å².